The van der Waals surface area contributed by atoms with Gasteiger partial charge in [0.05, 0.1) is 6.61 Å². The van der Waals surface area contributed by atoms with E-state index in [1.165, 1.54) is 0 Å². The maximum absolute atomic E-state index is 12.0. The van der Waals surface area contributed by atoms with Crippen LogP contribution < -0.4 is 10.1 Å². The van der Waals surface area contributed by atoms with E-state index >= 15 is 0 Å². The van der Waals surface area contributed by atoms with Crippen molar-refractivity contribution in [1.29, 1.82) is 0 Å². The Labute approximate surface area is 140 Å². The van der Waals surface area contributed by atoms with Gasteiger partial charge in [-0.25, -0.2) is 4.98 Å². The number of anilines is 1. The molecule has 0 aliphatic carbocycles. The molecule has 3 aromatic rings. The summed E-state index contributed by atoms with van der Waals surface area (Å²) in [7, 11) is 0. The Morgan fingerprint density at radius 2 is 1.88 bits per heavy atom. The van der Waals surface area contributed by atoms with E-state index in [1.807, 2.05) is 54.6 Å². The summed E-state index contributed by atoms with van der Waals surface area (Å²) in [4.78, 5) is 19.2. The minimum atomic E-state index is -0.0163. The highest BCUT2D eigenvalue weighted by Crippen LogP contribution is 2.17. The number of hydrogen-bond acceptors (Lipinski definition) is 3. The average molecular weight is 321 g/mol. The Morgan fingerprint density at radius 1 is 1.08 bits per heavy atom. The van der Waals surface area contributed by atoms with Crippen LogP contribution in [0.25, 0.3) is 11.4 Å². The lowest BCUT2D eigenvalue weighted by Crippen LogP contribution is -2.12. The first-order valence-electron chi connectivity index (χ1n) is 7.89. The van der Waals surface area contributed by atoms with Crippen LogP contribution in [0, 0.1) is 0 Å². The van der Waals surface area contributed by atoms with Gasteiger partial charge in [-0.1, -0.05) is 18.2 Å². The molecule has 0 atom stereocenters. The number of nitrogens with one attached hydrogen (secondary N) is 2. The third-order valence-electron chi connectivity index (χ3n) is 3.50. The van der Waals surface area contributed by atoms with E-state index in [9.17, 15) is 4.79 Å². The number of nitrogens with zero attached hydrogens (tertiary/aromatic N) is 1. The first kappa shape index (κ1) is 15.8. The number of aromatic nitrogens is 2. The number of carbonyl (C=O) groups excluding carboxylic acids is 1. The Bertz CT molecular complexity index is 753. The predicted molar refractivity (Wildman–Crippen MR) is 93.8 cm³/mol. The molecule has 1 amide bonds. The summed E-state index contributed by atoms with van der Waals surface area (Å²) < 4.78 is 5.57. The molecule has 0 spiro atoms. The van der Waals surface area contributed by atoms with Crippen molar-refractivity contribution in [2.75, 3.05) is 11.9 Å². The lowest BCUT2D eigenvalue weighted by molar-refractivity contribution is -0.116. The summed E-state index contributed by atoms with van der Waals surface area (Å²) in [6.07, 6.45) is 4.59. The molecule has 122 valence electrons. The minimum Gasteiger partial charge on any atom is -0.494 e. The fourth-order valence-electron chi connectivity index (χ4n) is 2.30. The quantitative estimate of drug-likeness (QED) is 0.649. The fraction of sp³-hybridized carbons (Fsp3) is 0.158. The summed E-state index contributed by atoms with van der Waals surface area (Å²) in [6.45, 7) is 0.523. The molecular weight excluding hydrogens is 302 g/mol. The Balaban J connectivity index is 1.42. The highest BCUT2D eigenvalue weighted by molar-refractivity contribution is 5.90. The number of amides is 1. The molecule has 0 radical (unpaired) electrons. The molecule has 0 aliphatic heterocycles. The van der Waals surface area contributed by atoms with E-state index in [0.717, 1.165) is 22.8 Å². The first-order chi connectivity index (χ1) is 11.8. The normalized spacial score (nSPS) is 10.3. The SMILES string of the molecule is O=C(CCCOc1ccccc1)Nc1ccc(-c2ncc[nH]2)cc1. The molecule has 1 heterocycles. The van der Waals surface area contributed by atoms with E-state index in [1.54, 1.807) is 12.4 Å². The molecular formula is C19H19N3O2. The van der Waals surface area contributed by atoms with Crippen LogP contribution >= 0.6 is 0 Å². The lowest BCUT2D eigenvalue weighted by atomic mass is 10.2. The van der Waals surface area contributed by atoms with Crippen molar-refractivity contribution in [3.63, 3.8) is 0 Å². The maximum atomic E-state index is 12.0. The summed E-state index contributed by atoms with van der Waals surface area (Å²) >= 11 is 0. The third kappa shape index (κ3) is 4.46. The van der Waals surface area contributed by atoms with Crippen molar-refractivity contribution < 1.29 is 9.53 Å². The average Bonchev–Trinajstić information content (AvgIpc) is 3.15. The number of benzene rings is 2. The van der Waals surface area contributed by atoms with E-state index in [0.29, 0.717) is 19.4 Å². The van der Waals surface area contributed by atoms with Crippen LogP contribution in [0.3, 0.4) is 0 Å². The van der Waals surface area contributed by atoms with Gasteiger partial charge < -0.3 is 15.0 Å². The molecule has 2 aromatic carbocycles. The van der Waals surface area contributed by atoms with Crippen molar-refractivity contribution in [2.45, 2.75) is 12.8 Å². The van der Waals surface area contributed by atoms with E-state index in [2.05, 4.69) is 15.3 Å². The molecule has 0 bridgehead atoms. The van der Waals surface area contributed by atoms with Crippen molar-refractivity contribution in [2.24, 2.45) is 0 Å². The van der Waals surface area contributed by atoms with Gasteiger partial charge in [-0.3, -0.25) is 4.79 Å². The van der Waals surface area contributed by atoms with Crippen LogP contribution in [0.1, 0.15) is 12.8 Å². The molecule has 3 rings (SSSR count). The van der Waals surface area contributed by atoms with Crippen molar-refractivity contribution in [3.8, 4) is 17.1 Å². The van der Waals surface area contributed by atoms with Gasteiger partial charge in [0.2, 0.25) is 5.91 Å². The molecule has 1 aromatic heterocycles. The Hall–Kier alpha value is -3.08. The number of H-pyrrole nitrogens is 1. The van der Waals surface area contributed by atoms with E-state index in [4.69, 9.17) is 4.74 Å². The van der Waals surface area contributed by atoms with Crippen molar-refractivity contribution in [3.05, 3.63) is 67.0 Å². The highest BCUT2D eigenvalue weighted by atomic mass is 16.5. The third-order valence-corrected chi connectivity index (χ3v) is 3.50. The van der Waals surface area contributed by atoms with Crippen LogP contribution in [-0.4, -0.2) is 22.5 Å². The standard InChI is InChI=1S/C19H19N3O2/c23-18(7-4-14-24-17-5-2-1-3-6-17)22-16-10-8-15(9-11-16)19-20-12-13-21-19/h1-3,5-6,8-13H,4,7,14H2,(H,20,21)(H,22,23). The number of rotatable bonds is 7. The van der Waals surface area contributed by atoms with Gasteiger partial charge in [-0.15, -0.1) is 0 Å². The van der Waals surface area contributed by atoms with Gasteiger partial charge in [0, 0.05) is 30.1 Å². The van der Waals surface area contributed by atoms with Gasteiger partial charge in [-0.2, -0.15) is 0 Å². The minimum absolute atomic E-state index is 0.0163. The monoisotopic (exact) mass is 321 g/mol. The van der Waals surface area contributed by atoms with Crippen LogP contribution in [0.4, 0.5) is 5.69 Å². The summed E-state index contributed by atoms with van der Waals surface area (Å²) in [5.74, 6) is 1.62. The van der Waals surface area contributed by atoms with E-state index < -0.39 is 0 Å². The summed E-state index contributed by atoms with van der Waals surface area (Å²) in [5.41, 5.74) is 1.76. The van der Waals surface area contributed by atoms with Gasteiger partial charge in [0.1, 0.15) is 11.6 Å². The molecule has 5 nitrogen and oxygen atoms in total. The summed E-state index contributed by atoms with van der Waals surface area (Å²) in [5, 5.41) is 2.89. The second-order valence-corrected chi connectivity index (χ2v) is 5.33. The topological polar surface area (TPSA) is 67.0 Å². The van der Waals surface area contributed by atoms with Crippen LogP contribution in [0.15, 0.2) is 67.0 Å². The molecule has 24 heavy (non-hydrogen) atoms. The lowest BCUT2D eigenvalue weighted by Gasteiger charge is -2.07. The predicted octanol–water partition coefficient (Wildman–Crippen LogP) is 3.87. The number of imidazole rings is 1. The molecule has 0 aliphatic rings. The summed E-state index contributed by atoms with van der Waals surface area (Å²) in [6, 6.07) is 17.2. The number of hydrogen-bond donors (Lipinski definition) is 2. The highest BCUT2D eigenvalue weighted by Gasteiger charge is 2.04. The van der Waals surface area contributed by atoms with Crippen molar-refractivity contribution >= 4 is 11.6 Å². The largest absolute Gasteiger partial charge is 0.494 e. The number of ether oxygens (including phenoxy) is 1. The Kier molecular flexibility index (Phi) is 5.24. The van der Waals surface area contributed by atoms with Crippen molar-refractivity contribution in [1.82, 2.24) is 9.97 Å². The zero-order valence-electron chi connectivity index (χ0n) is 13.2. The number of para-hydroxylation sites is 1. The van der Waals surface area contributed by atoms with Gasteiger partial charge >= 0.3 is 0 Å². The van der Waals surface area contributed by atoms with Gasteiger partial charge in [-0.05, 0) is 42.8 Å². The second kappa shape index (κ2) is 7.97. The van der Waals surface area contributed by atoms with Crippen LogP contribution in [-0.2, 0) is 4.79 Å². The first-order valence-corrected chi connectivity index (χ1v) is 7.89. The van der Waals surface area contributed by atoms with Crippen LogP contribution in [0.2, 0.25) is 0 Å². The molecule has 0 saturated carbocycles. The molecule has 2 N–H and O–H groups in total. The second-order valence-electron chi connectivity index (χ2n) is 5.33. The zero-order valence-corrected chi connectivity index (χ0v) is 13.2. The molecule has 0 fully saturated rings. The van der Waals surface area contributed by atoms with E-state index in [-0.39, 0.29) is 5.91 Å². The number of aromatic amines is 1. The number of carbonyl (C=O) groups is 1. The molecule has 5 heteroatoms. The molecule has 0 unspecified atom stereocenters. The maximum Gasteiger partial charge on any atom is 0.224 e. The Morgan fingerprint density at radius 3 is 2.58 bits per heavy atom. The zero-order chi connectivity index (χ0) is 16.6. The van der Waals surface area contributed by atoms with Gasteiger partial charge in [0.25, 0.3) is 0 Å². The molecule has 0 saturated heterocycles. The fourth-order valence-corrected chi connectivity index (χ4v) is 2.30. The van der Waals surface area contributed by atoms with Gasteiger partial charge in [0.15, 0.2) is 0 Å². The van der Waals surface area contributed by atoms with Crippen LogP contribution in [0.5, 0.6) is 5.75 Å². The smallest absolute Gasteiger partial charge is 0.224 e.